The summed E-state index contributed by atoms with van der Waals surface area (Å²) in [4.78, 5) is 39.1. The molecule has 0 fully saturated rings. The molecule has 1 aromatic carbocycles. The summed E-state index contributed by atoms with van der Waals surface area (Å²) in [6, 6.07) is 12.5. The fourth-order valence-corrected chi connectivity index (χ4v) is 5.36. The predicted octanol–water partition coefficient (Wildman–Crippen LogP) is 3.62. The average Bonchev–Trinajstić information content (AvgIpc) is 3.54. The Balaban J connectivity index is 1.58. The van der Waals surface area contributed by atoms with E-state index in [0.29, 0.717) is 22.5 Å². The van der Waals surface area contributed by atoms with Crippen molar-refractivity contribution in [1.29, 1.82) is 0 Å². The van der Waals surface area contributed by atoms with Gasteiger partial charge >= 0.3 is 0 Å². The second kappa shape index (κ2) is 9.41. The molecule has 0 atom stereocenters. The van der Waals surface area contributed by atoms with Gasteiger partial charge in [-0.1, -0.05) is 18.2 Å². The molecule has 0 radical (unpaired) electrons. The molecular weight excluding hydrogens is 513 g/mol. The quantitative estimate of drug-likeness (QED) is 0.281. The van der Waals surface area contributed by atoms with Gasteiger partial charge in [0.25, 0.3) is 21.8 Å². The Labute approximate surface area is 217 Å². The first kappa shape index (κ1) is 25.1. The largest absolute Gasteiger partial charge is 0.354 e. The molecule has 0 spiro atoms. The summed E-state index contributed by atoms with van der Waals surface area (Å²) in [5.74, 6) is -1.46. The summed E-state index contributed by atoms with van der Waals surface area (Å²) in [6.07, 6.45) is 4.06. The number of sulfonamides is 1. The van der Waals surface area contributed by atoms with Crippen LogP contribution in [-0.2, 0) is 21.2 Å². The van der Waals surface area contributed by atoms with E-state index in [4.69, 9.17) is 0 Å². The van der Waals surface area contributed by atoms with Crippen LogP contribution < -0.4 is 10.6 Å². The molecule has 0 unspecified atom stereocenters. The van der Waals surface area contributed by atoms with Crippen LogP contribution in [-0.4, -0.2) is 56.7 Å². The average molecular weight is 538 g/mol. The Morgan fingerprint density at radius 1 is 1.16 bits per heavy atom. The van der Waals surface area contributed by atoms with Crippen molar-refractivity contribution in [3.05, 3.63) is 72.4 Å². The van der Waals surface area contributed by atoms with Crippen molar-refractivity contribution >= 4 is 39.0 Å². The minimum atomic E-state index is -4.14. The van der Waals surface area contributed by atoms with E-state index in [1.165, 1.54) is 12.5 Å². The van der Waals surface area contributed by atoms with Gasteiger partial charge in [0.15, 0.2) is 10.7 Å². The van der Waals surface area contributed by atoms with Gasteiger partial charge in [-0.3, -0.25) is 9.59 Å². The molecule has 38 heavy (non-hydrogen) atoms. The fraction of sp³-hybridized carbons (Fsp3) is 0.200. The zero-order valence-corrected chi connectivity index (χ0v) is 21.3. The zero-order valence-electron chi connectivity index (χ0n) is 20.4. The molecule has 0 saturated carbocycles. The summed E-state index contributed by atoms with van der Waals surface area (Å²) in [6.45, 7) is 2.21. The number of aromatic nitrogens is 4. The highest BCUT2D eigenvalue weighted by atomic mass is 32.2. The molecule has 13 heteroatoms. The summed E-state index contributed by atoms with van der Waals surface area (Å²) in [5.41, 5.74) is 0.946. The van der Waals surface area contributed by atoms with Crippen molar-refractivity contribution in [3.63, 3.8) is 0 Å². The molecular formula is C25H24FN7O4S. The maximum atomic E-state index is 14.1. The van der Waals surface area contributed by atoms with E-state index >= 15 is 0 Å². The first-order valence-corrected chi connectivity index (χ1v) is 13.1. The Morgan fingerprint density at radius 3 is 2.61 bits per heavy atom. The van der Waals surface area contributed by atoms with E-state index in [-0.39, 0.29) is 29.5 Å². The van der Waals surface area contributed by atoms with E-state index < -0.39 is 27.5 Å². The molecule has 0 saturated heterocycles. The van der Waals surface area contributed by atoms with Crippen molar-refractivity contribution in [2.24, 2.45) is 0 Å². The number of imidazole rings is 1. The van der Waals surface area contributed by atoms with Gasteiger partial charge in [-0.05, 0) is 44.5 Å². The molecule has 0 bridgehead atoms. The van der Waals surface area contributed by atoms with Crippen molar-refractivity contribution < 1.29 is 22.4 Å². The van der Waals surface area contributed by atoms with Gasteiger partial charge in [0.1, 0.15) is 11.5 Å². The van der Waals surface area contributed by atoms with Crippen molar-refractivity contribution in [2.45, 2.75) is 31.0 Å². The van der Waals surface area contributed by atoms with Gasteiger partial charge in [0, 0.05) is 29.6 Å². The third kappa shape index (κ3) is 4.63. The van der Waals surface area contributed by atoms with E-state index in [1.807, 2.05) is 30.3 Å². The first-order chi connectivity index (χ1) is 18.1. The van der Waals surface area contributed by atoms with Crippen LogP contribution in [0.2, 0.25) is 0 Å². The van der Waals surface area contributed by atoms with Crippen molar-refractivity contribution in [2.75, 3.05) is 17.2 Å². The number of aromatic amines is 2. The van der Waals surface area contributed by atoms with Crippen molar-refractivity contribution in [1.82, 2.24) is 24.2 Å². The van der Waals surface area contributed by atoms with Crippen LogP contribution in [0, 0.1) is 0 Å². The summed E-state index contributed by atoms with van der Waals surface area (Å²) in [5, 5.41) is 5.59. The van der Waals surface area contributed by atoms with Crippen LogP contribution in [0.3, 0.4) is 0 Å². The molecule has 4 heterocycles. The highest BCUT2D eigenvalue weighted by Crippen LogP contribution is 2.39. The van der Waals surface area contributed by atoms with E-state index in [2.05, 4.69) is 30.6 Å². The minimum Gasteiger partial charge on any atom is -0.354 e. The third-order valence-electron chi connectivity index (χ3n) is 6.02. The standard InChI is InChI=1S/C25H24FN7O4S/c1-25(2,26)24(35)31-18-12-15(8-10-28-18)20-21(30-16-6-4-3-5-7-16)17-9-11-33(23(34)22(17)32-20)38(36,37)19-13-27-14-29-19/h3-8,10,12-14,30,32H,9,11H2,1-2H3,(H,27,29)(H,28,31,35). The smallest absolute Gasteiger partial charge is 0.284 e. The monoisotopic (exact) mass is 537 g/mol. The number of pyridine rings is 1. The number of nitrogens with one attached hydrogen (secondary N) is 4. The number of amides is 2. The number of halogens is 1. The number of rotatable bonds is 7. The van der Waals surface area contributed by atoms with Gasteiger partial charge in [-0.15, -0.1) is 0 Å². The number of carbonyl (C=O) groups is 2. The van der Waals surface area contributed by atoms with Gasteiger partial charge in [-0.2, -0.15) is 8.42 Å². The van der Waals surface area contributed by atoms with Crippen LogP contribution >= 0.6 is 0 Å². The number of alkyl halides is 1. The lowest BCUT2D eigenvalue weighted by atomic mass is 10.0. The number of anilines is 3. The molecule has 1 aliphatic rings. The van der Waals surface area contributed by atoms with Crippen LogP contribution in [0.1, 0.15) is 29.9 Å². The van der Waals surface area contributed by atoms with Gasteiger partial charge < -0.3 is 20.6 Å². The molecule has 5 rings (SSSR count). The predicted molar refractivity (Wildman–Crippen MR) is 138 cm³/mol. The van der Waals surface area contributed by atoms with Gasteiger partial charge in [-0.25, -0.2) is 18.7 Å². The number of nitrogens with zero attached hydrogens (tertiary/aromatic N) is 3. The topological polar surface area (TPSA) is 153 Å². The number of hydrogen-bond donors (Lipinski definition) is 4. The lowest BCUT2D eigenvalue weighted by Crippen LogP contribution is -2.42. The highest BCUT2D eigenvalue weighted by molar-refractivity contribution is 7.89. The van der Waals surface area contributed by atoms with E-state index in [9.17, 15) is 22.4 Å². The Kier molecular flexibility index (Phi) is 6.23. The summed E-state index contributed by atoms with van der Waals surface area (Å²) < 4.78 is 41.0. The molecule has 4 N–H and O–H groups in total. The zero-order chi connectivity index (χ0) is 27.1. The number of para-hydroxylation sites is 1. The normalized spacial score (nSPS) is 13.8. The maximum absolute atomic E-state index is 14.1. The molecule has 4 aromatic rings. The molecule has 11 nitrogen and oxygen atoms in total. The summed E-state index contributed by atoms with van der Waals surface area (Å²) in [7, 11) is -4.14. The molecule has 2 amide bonds. The molecule has 3 aromatic heterocycles. The Hall–Kier alpha value is -4.52. The lowest BCUT2D eigenvalue weighted by molar-refractivity contribution is -0.125. The van der Waals surface area contributed by atoms with Crippen LogP contribution in [0.5, 0.6) is 0 Å². The lowest BCUT2D eigenvalue weighted by Gasteiger charge is -2.26. The second-order valence-electron chi connectivity index (χ2n) is 9.12. The maximum Gasteiger partial charge on any atom is 0.284 e. The van der Waals surface area contributed by atoms with Crippen LogP contribution in [0.4, 0.5) is 21.6 Å². The number of H-pyrrole nitrogens is 2. The van der Waals surface area contributed by atoms with E-state index in [1.54, 1.807) is 12.1 Å². The third-order valence-corrected chi connectivity index (χ3v) is 7.73. The van der Waals surface area contributed by atoms with Crippen LogP contribution in [0.25, 0.3) is 11.3 Å². The first-order valence-electron chi connectivity index (χ1n) is 11.6. The van der Waals surface area contributed by atoms with Gasteiger partial charge in [0.2, 0.25) is 0 Å². The SMILES string of the molecule is CC(C)(F)C(=O)Nc1cc(-c2[nH]c3c(c2Nc2ccccc2)CCN(S(=O)(=O)c2cnc[nH]2)C3=O)ccn1. The number of carbonyl (C=O) groups excluding carboxylic acids is 2. The Bertz CT molecular complexity index is 1610. The number of hydrogen-bond acceptors (Lipinski definition) is 7. The summed E-state index contributed by atoms with van der Waals surface area (Å²) >= 11 is 0. The van der Waals surface area contributed by atoms with Crippen LogP contribution in [0.15, 0.2) is 66.2 Å². The fourth-order valence-electron chi connectivity index (χ4n) is 4.08. The highest BCUT2D eigenvalue weighted by Gasteiger charge is 2.38. The molecule has 1 aliphatic heterocycles. The molecule has 196 valence electrons. The second-order valence-corrected chi connectivity index (χ2v) is 11.0. The molecule has 0 aliphatic carbocycles. The van der Waals surface area contributed by atoms with Crippen molar-refractivity contribution in [3.8, 4) is 11.3 Å². The number of fused-ring (bicyclic) bond motifs is 1. The van der Waals surface area contributed by atoms with E-state index in [0.717, 1.165) is 30.0 Å². The number of benzene rings is 1. The minimum absolute atomic E-state index is 0.0722. The Morgan fingerprint density at radius 2 is 1.92 bits per heavy atom. The van der Waals surface area contributed by atoms with Gasteiger partial charge in [0.05, 0.1) is 23.9 Å².